The Morgan fingerprint density at radius 1 is 1.32 bits per heavy atom. The summed E-state index contributed by atoms with van der Waals surface area (Å²) in [6.45, 7) is 4.49. The summed E-state index contributed by atoms with van der Waals surface area (Å²) in [6.07, 6.45) is 2.18. The van der Waals surface area contributed by atoms with Gasteiger partial charge in [-0.05, 0) is 33.1 Å². The van der Waals surface area contributed by atoms with E-state index in [9.17, 15) is 19.5 Å². The molecule has 1 saturated heterocycles. The average Bonchev–Trinajstić information content (AvgIpc) is 2.73. The molecule has 19 heavy (non-hydrogen) atoms. The van der Waals surface area contributed by atoms with Crippen LogP contribution in [0, 0.1) is 0 Å². The Morgan fingerprint density at radius 3 is 2.58 bits per heavy atom. The zero-order valence-electron chi connectivity index (χ0n) is 11.6. The van der Waals surface area contributed by atoms with Crippen LogP contribution in [0.25, 0.3) is 0 Å². The van der Waals surface area contributed by atoms with E-state index >= 15 is 0 Å². The summed E-state index contributed by atoms with van der Waals surface area (Å²) in [4.78, 5) is 36.0. The van der Waals surface area contributed by atoms with Crippen LogP contribution < -0.4 is 5.32 Å². The molecule has 1 aliphatic heterocycles. The second-order valence-corrected chi connectivity index (χ2v) is 5.03. The lowest BCUT2D eigenvalue weighted by Crippen LogP contribution is -2.50. The molecule has 0 saturated carbocycles. The predicted molar refractivity (Wildman–Crippen MR) is 69.5 cm³/mol. The Hall–Kier alpha value is -1.59. The maximum Gasteiger partial charge on any atom is 0.329 e. The molecule has 108 valence electrons. The number of nitrogens with one attached hydrogen (secondary N) is 1. The van der Waals surface area contributed by atoms with Gasteiger partial charge in [-0.25, -0.2) is 4.79 Å². The van der Waals surface area contributed by atoms with E-state index in [-0.39, 0.29) is 18.2 Å². The van der Waals surface area contributed by atoms with E-state index in [1.54, 1.807) is 6.92 Å². The van der Waals surface area contributed by atoms with Gasteiger partial charge in [0.1, 0.15) is 5.54 Å². The molecule has 0 radical (unpaired) electrons. The largest absolute Gasteiger partial charge is 0.480 e. The Kier molecular flexibility index (Phi) is 5.32. The topological polar surface area (TPSA) is 86.7 Å². The smallest absolute Gasteiger partial charge is 0.329 e. The molecule has 0 aromatic heterocycles. The first kappa shape index (κ1) is 15.5. The highest BCUT2D eigenvalue weighted by Crippen LogP contribution is 2.30. The number of aliphatic carboxylic acids is 1. The van der Waals surface area contributed by atoms with E-state index in [0.717, 1.165) is 0 Å². The first-order chi connectivity index (χ1) is 8.91. The summed E-state index contributed by atoms with van der Waals surface area (Å²) >= 11 is 0. The van der Waals surface area contributed by atoms with E-state index in [0.29, 0.717) is 38.8 Å². The van der Waals surface area contributed by atoms with Gasteiger partial charge in [0.25, 0.3) is 0 Å². The Bertz CT molecular complexity index is 370. The lowest BCUT2D eigenvalue weighted by atomic mass is 9.99. The van der Waals surface area contributed by atoms with E-state index in [4.69, 9.17) is 0 Å². The van der Waals surface area contributed by atoms with Crippen LogP contribution in [-0.2, 0) is 14.4 Å². The average molecular weight is 270 g/mol. The van der Waals surface area contributed by atoms with Crippen LogP contribution in [-0.4, -0.2) is 46.4 Å². The fourth-order valence-corrected chi connectivity index (χ4v) is 2.41. The summed E-state index contributed by atoms with van der Waals surface area (Å²) in [5.74, 6) is -1.20. The third-order valence-corrected chi connectivity index (χ3v) is 3.57. The van der Waals surface area contributed by atoms with Crippen LogP contribution in [0.3, 0.4) is 0 Å². The highest BCUT2D eigenvalue weighted by molar-refractivity contribution is 5.87. The van der Waals surface area contributed by atoms with E-state index < -0.39 is 11.5 Å². The number of rotatable bonds is 6. The molecule has 2 amide bonds. The summed E-state index contributed by atoms with van der Waals surface area (Å²) in [6, 6.07) is 0. The number of carboxylic acids is 1. The van der Waals surface area contributed by atoms with Crippen molar-refractivity contribution < 1.29 is 19.5 Å². The molecular formula is C13H22N2O4. The molecule has 0 aromatic carbocycles. The van der Waals surface area contributed by atoms with Gasteiger partial charge in [-0.1, -0.05) is 0 Å². The zero-order chi connectivity index (χ0) is 14.5. The number of carbonyl (C=O) groups is 3. The fourth-order valence-electron chi connectivity index (χ4n) is 2.41. The van der Waals surface area contributed by atoms with Gasteiger partial charge in [0.05, 0.1) is 0 Å². The Labute approximate surface area is 113 Å². The fraction of sp³-hybridized carbons (Fsp3) is 0.769. The lowest BCUT2D eigenvalue weighted by molar-refractivity contribution is -0.155. The highest BCUT2D eigenvalue weighted by Gasteiger charge is 2.45. The van der Waals surface area contributed by atoms with Gasteiger partial charge in [-0.2, -0.15) is 0 Å². The van der Waals surface area contributed by atoms with Crippen LogP contribution in [0.4, 0.5) is 0 Å². The van der Waals surface area contributed by atoms with Crippen molar-refractivity contribution in [2.45, 2.75) is 51.5 Å². The second kappa shape index (κ2) is 6.54. The third kappa shape index (κ3) is 3.68. The molecule has 1 aliphatic rings. The molecule has 0 spiro atoms. The number of hydrogen-bond acceptors (Lipinski definition) is 3. The van der Waals surface area contributed by atoms with Crippen molar-refractivity contribution in [3.8, 4) is 0 Å². The molecule has 1 rings (SSSR count). The molecule has 0 bridgehead atoms. The van der Waals surface area contributed by atoms with Crippen molar-refractivity contribution in [1.29, 1.82) is 0 Å². The molecule has 1 unspecified atom stereocenters. The van der Waals surface area contributed by atoms with Crippen molar-refractivity contribution in [2.24, 2.45) is 0 Å². The molecule has 2 N–H and O–H groups in total. The Balaban J connectivity index is 2.45. The number of likely N-dealkylation sites (tertiary alicyclic amines) is 1. The molecule has 0 aromatic rings. The van der Waals surface area contributed by atoms with Crippen molar-refractivity contribution >= 4 is 17.8 Å². The van der Waals surface area contributed by atoms with Crippen molar-refractivity contribution in [1.82, 2.24) is 10.2 Å². The first-order valence-electron chi connectivity index (χ1n) is 6.72. The SMILES string of the molecule is CCNC(=O)CCCC(=O)N1CCCC1(C)C(=O)O. The minimum Gasteiger partial charge on any atom is -0.480 e. The summed E-state index contributed by atoms with van der Waals surface area (Å²) in [5, 5.41) is 11.9. The maximum absolute atomic E-state index is 12.0. The van der Waals surface area contributed by atoms with Crippen LogP contribution in [0.1, 0.15) is 46.0 Å². The van der Waals surface area contributed by atoms with Crippen LogP contribution in [0.2, 0.25) is 0 Å². The highest BCUT2D eigenvalue weighted by atomic mass is 16.4. The number of hydrogen-bond donors (Lipinski definition) is 2. The molecule has 1 heterocycles. The number of carboxylic acid groups (broad SMARTS) is 1. The summed E-state index contributed by atoms with van der Waals surface area (Å²) in [5.41, 5.74) is -1.08. The molecule has 0 aliphatic carbocycles. The molecule has 6 nitrogen and oxygen atoms in total. The van der Waals surface area contributed by atoms with E-state index in [2.05, 4.69) is 5.32 Å². The minimum atomic E-state index is -1.08. The van der Waals surface area contributed by atoms with Crippen molar-refractivity contribution in [2.75, 3.05) is 13.1 Å². The Morgan fingerprint density at radius 2 is 2.00 bits per heavy atom. The minimum absolute atomic E-state index is 0.0716. The van der Waals surface area contributed by atoms with E-state index in [1.807, 2.05) is 6.92 Å². The standard InChI is InChI=1S/C13H22N2O4/c1-3-14-10(16)6-4-7-11(17)15-9-5-8-13(15,2)12(18)19/h3-9H2,1-2H3,(H,14,16)(H,18,19). The quantitative estimate of drug-likeness (QED) is 0.746. The van der Waals surface area contributed by atoms with Crippen LogP contribution in [0.5, 0.6) is 0 Å². The van der Waals surface area contributed by atoms with Crippen LogP contribution in [0.15, 0.2) is 0 Å². The molecule has 6 heteroatoms. The van der Waals surface area contributed by atoms with Gasteiger partial charge in [-0.15, -0.1) is 0 Å². The monoisotopic (exact) mass is 270 g/mol. The second-order valence-electron chi connectivity index (χ2n) is 5.03. The van der Waals surface area contributed by atoms with Crippen LogP contribution >= 0.6 is 0 Å². The van der Waals surface area contributed by atoms with E-state index in [1.165, 1.54) is 4.90 Å². The third-order valence-electron chi connectivity index (χ3n) is 3.57. The number of amides is 2. The maximum atomic E-state index is 12.0. The molecule has 1 atom stereocenters. The molecule has 1 fully saturated rings. The summed E-state index contributed by atoms with van der Waals surface area (Å²) < 4.78 is 0. The lowest BCUT2D eigenvalue weighted by Gasteiger charge is -2.31. The predicted octanol–water partition coefficient (Wildman–Crippen LogP) is 0.758. The summed E-state index contributed by atoms with van der Waals surface area (Å²) in [7, 11) is 0. The van der Waals surface area contributed by atoms with Gasteiger partial charge in [-0.3, -0.25) is 9.59 Å². The van der Waals surface area contributed by atoms with Crippen molar-refractivity contribution in [3.63, 3.8) is 0 Å². The van der Waals surface area contributed by atoms with Gasteiger partial charge in [0.15, 0.2) is 0 Å². The van der Waals surface area contributed by atoms with Gasteiger partial charge in [0.2, 0.25) is 11.8 Å². The normalized spacial score (nSPS) is 22.3. The first-order valence-corrected chi connectivity index (χ1v) is 6.72. The number of carbonyl (C=O) groups excluding carboxylic acids is 2. The van der Waals surface area contributed by atoms with Gasteiger partial charge < -0.3 is 15.3 Å². The number of nitrogens with zero attached hydrogens (tertiary/aromatic N) is 1. The van der Waals surface area contributed by atoms with Gasteiger partial charge >= 0.3 is 5.97 Å². The zero-order valence-corrected chi connectivity index (χ0v) is 11.6. The molecular weight excluding hydrogens is 248 g/mol. The van der Waals surface area contributed by atoms with Gasteiger partial charge in [0, 0.05) is 25.9 Å². The van der Waals surface area contributed by atoms with Crippen molar-refractivity contribution in [3.05, 3.63) is 0 Å².